The molecule has 2 fully saturated rings. The van der Waals surface area contributed by atoms with Crippen LogP contribution in [0.15, 0.2) is 11.6 Å². The topological polar surface area (TPSA) is 0 Å². The molecule has 0 heterocycles. The molecule has 0 aromatic carbocycles. The third kappa shape index (κ3) is 3.47. The second-order valence-corrected chi connectivity index (χ2v) is 7.32. The van der Waals surface area contributed by atoms with Crippen molar-refractivity contribution < 1.29 is 0 Å². The molecule has 104 valence electrons. The molecule has 0 amide bonds. The average molecular weight is 256 g/mol. The molecule has 2 radical (unpaired) electrons. The SMILES string of the molecule is [B]C1CCC(C2CC=C(C3CCCCC3)CC2)CC1. The largest absolute Gasteiger partial charge is 0.0848 e. The lowest BCUT2D eigenvalue weighted by Gasteiger charge is -2.36. The first-order chi connectivity index (χ1) is 9.33. The molecule has 0 aromatic rings. The van der Waals surface area contributed by atoms with E-state index < -0.39 is 0 Å². The second-order valence-electron chi connectivity index (χ2n) is 7.32. The average Bonchev–Trinajstić information content (AvgIpc) is 2.49. The first kappa shape index (κ1) is 13.8. The number of hydrogen-bond donors (Lipinski definition) is 0. The highest BCUT2D eigenvalue weighted by atomic mass is 14.3. The van der Waals surface area contributed by atoms with Crippen molar-refractivity contribution in [1.82, 2.24) is 0 Å². The molecule has 19 heavy (non-hydrogen) atoms. The fourth-order valence-corrected chi connectivity index (χ4v) is 4.76. The van der Waals surface area contributed by atoms with Crippen molar-refractivity contribution in [2.24, 2.45) is 17.8 Å². The molecule has 0 aromatic heterocycles. The third-order valence-electron chi connectivity index (χ3n) is 6.10. The zero-order chi connectivity index (χ0) is 13.1. The Balaban J connectivity index is 1.51. The van der Waals surface area contributed by atoms with Gasteiger partial charge in [-0.25, -0.2) is 0 Å². The predicted octanol–water partition coefficient (Wildman–Crippen LogP) is 5.44. The van der Waals surface area contributed by atoms with Gasteiger partial charge in [0, 0.05) is 0 Å². The molecule has 3 aliphatic rings. The van der Waals surface area contributed by atoms with E-state index in [0.29, 0.717) is 5.82 Å². The molecule has 2 saturated carbocycles. The van der Waals surface area contributed by atoms with Gasteiger partial charge < -0.3 is 0 Å². The number of rotatable bonds is 2. The summed E-state index contributed by atoms with van der Waals surface area (Å²) in [7, 11) is 6.03. The van der Waals surface area contributed by atoms with Crippen LogP contribution < -0.4 is 0 Å². The maximum absolute atomic E-state index is 6.03. The van der Waals surface area contributed by atoms with Crippen LogP contribution in [0.5, 0.6) is 0 Å². The molecule has 0 bridgehead atoms. The summed E-state index contributed by atoms with van der Waals surface area (Å²) in [4.78, 5) is 0. The van der Waals surface area contributed by atoms with Crippen LogP contribution in [-0.4, -0.2) is 7.85 Å². The molecular formula is C18H29B. The highest BCUT2D eigenvalue weighted by Gasteiger charge is 2.28. The lowest BCUT2D eigenvalue weighted by Crippen LogP contribution is -2.23. The summed E-state index contributed by atoms with van der Waals surface area (Å²) in [6.07, 6.45) is 19.7. The molecule has 3 aliphatic carbocycles. The van der Waals surface area contributed by atoms with Gasteiger partial charge in [0.15, 0.2) is 0 Å². The van der Waals surface area contributed by atoms with Crippen LogP contribution in [0.25, 0.3) is 0 Å². The Morgan fingerprint density at radius 2 is 1.53 bits per heavy atom. The first-order valence-corrected chi connectivity index (χ1v) is 8.77. The Kier molecular flexibility index (Phi) is 4.71. The van der Waals surface area contributed by atoms with Gasteiger partial charge in [-0.1, -0.05) is 62.4 Å². The number of allylic oxidation sites excluding steroid dienone is 2. The zero-order valence-corrected chi connectivity index (χ0v) is 12.4. The van der Waals surface area contributed by atoms with Crippen molar-refractivity contribution in [3.05, 3.63) is 11.6 Å². The standard InChI is InChI=1S/C18H29B/c19-18-12-10-17(11-13-18)16-8-6-15(7-9-16)14-4-2-1-3-5-14/h6,14,16-18H,1-5,7-13H2. The molecule has 1 heteroatoms. The maximum Gasteiger partial charge on any atom is 0.0699 e. The molecule has 0 spiro atoms. The van der Waals surface area contributed by atoms with Crippen LogP contribution >= 0.6 is 0 Å². The minimum Gasteiger partial charge on any atom is -0.0848 e. The molecule has 3 rings (SSSR count). The van der Waals surface area contributed by atoms with Crippen molar-refractivity contribution in [2.45, 2.75) is 82.9 Å². The Labute approximate surface area is 120 Å². The van der Waals surface area contributed by atoms with E-state index in [2.05, 4.69) is 6.08 Å². The van der Waals surface area contributed by atoms with Crippen LogP contribution in [0.2, 0.25) is 5.82 Å². The van der Waals surface area contributed by atoms with Crippen LogP contribution in [0.3, 0.4) is 0 Å². The predicted molar refractivity (Wildman–Crippen MR) is 83.5 cm³/mol. The fraction of sp³-hybridized carbons (Fsp3) is 0.889. The van der Waals surface area contributed by atoms with E-state index >= 15 is 0 Å². The van der Waals surface area contributed by atoms with E-state index in [-0.39, 0.29) is 0 Å². The van der Waals surface area contributed by atoms with Gasteiger partial charge in [-0.05, 0) is 49.9 Å². The minimum absolute atomic E-state index is 0.508. The van der Waals surface area contributed by atoms with E-state index in [1.54, 1.807) is 0 Å². The lowest BCUT2D eigenvalue weighted by atomic mass is 9.66. The van der Waals surface area contributed by atoms with Gasteiger partial charge in [0.1, 0.15) is 0 Å². The van der Waals surface area contributed by atoms with E-state index in [0.717, 1.165) is 17.8 Å². The van der Waals surface area contributed by atoms with E-state index in [4.69, 9.17) is 7.85 Å². The molecule has 0 saturated heterocycles. The normalized spacial score (nSPS) is 37.9. The summed E-state index contributed by atoms with van der Waals surface area (Å²) < 4.78 is 0. The highest BCUT2D eigenvalue weighted by Crippen LogP contribution is 2.42. The molecule has 0 nitrogen and oxygen atoms in total. The summed E-state index contributed by atoms with van der Waals surface area (Å²) in [6, 6.07) is 0. The summed E-state index contributed by atoms with van der Waals surface area (Å²) in [5, 5.41) is 0. The van der Waals surface area contributed by atoms with Crippen LogP contribution in [-0.2, 0) is 0 Å². The molecular weight excluding hydrogens is 227 g/mol. The van der Waals surface area contributed by atoms with E-state index in [1.807, 2.05) is 5.57 Å². The quantitative estimate of drug-likeness (QED) is 0.456. The Morgan fingerprint density at radius 1 is 0.789 bits per heavy atom. The minimum atomic E-state index is 0.508. The summed E-state index contributed by atoms with van der Waals surface area (Å²) >= 11 is 0. The van der Waals surface area contributed by atoms with Crippen molar-refractivity contribution >= 4 is 7.85 Å². The van der Waals surface area contributed by atoms with Crippen LogP contribution in [0.4, 0.5) is 0 Å². The van der Waals surface area contributed by atoms with Crippen molar-refractivity contribution in [3.63, 3.8) is 0 Å². The van der Waals surface area contributed by atoms with Gasteiger partial charge in [-0.3, -0.25) is 0 Å². The lowest BCUT2D eigenvalue weighted by molar-refractivity contribution is 0.227. The summed E-state index contributed by atoms with van der Waals surface area (Å²) in [6.45, 7) is 0. The van der Waals surface area contributed by atoms with Gasteiger partial charge in [-0.15, -0.1) is 0 Å². The molecule has 1 unspecified atom stereocenters. The summed E-state index contributed by atoms with van der Waals surface area (Å²) in [5.74, 6) is 3.45. The van der Waals surface area contributed by atoms with Crippen molar-refractivity contribution in [3.8, 4) is 0 Å². The van der Waals surface area contributed by atoms with E-state index in [1.165, 1.54) is 77.0 Å². The maximum atomic E-state index is 6.03. The molecule has 0 N–H and O–H groups in total. The molecule has 0 aliphatic heterocycles. The third-order valence-corrected chi connectivity index (χ3v) is 6.10. The molecule has 1 atom stereocenters. The van der Waals surface area contributed by atoms with E-state index in [9.17, 15) is 0 Å². The Morgan fingerprint density at radius 3 is 2.16 bits per heavy atom. The van der Waals surface area contributed by atoms with Crippen molar-refractivity contribution in [2.75, 3.05) is 0 Å². The van der Waals surface area contributed by atoms with Gasteiger partial charge in [0.05, 0.1) is 7.85 Å². The van der Waals surface area contributed by atoms with Crippen LogP contribution in [0, 0.1) is 17.8 Å². The zero-order valence-electron chi connectivity index (χ0n) is 12.4. The first-order valence-electron chi connectivity index (χ1n) is 8.77. The number of hydrogen-bond acceptors (Lipinski definition) is 0. The fourth-order valence-electron chi connectivity index (χ4n) is 4.76. The van der Waals surface area contributed by atoms with Crippen molar-refractivity contribution in [1.29, 1.82) is 0 Å². The Bertz CT molecular complexity index is 306. The van der Waals surface area contributed by atoms with Crippen LogP contribution in [0.1, 0.15) is 77.0 Å². The smallest absolute Gasteiger partial charge is 0.0699 e. The monoisotopic (exact) mass is 256 g/mol. The Hall–Kier alpha value is -0.195. The van der Waals surface area contributed by atoms with Gasteiger partial charge in [0.25, 0.3) is 0 Å². The van der Waals surface area contributed by atoms with Gasteiger partial charge in [-0.2, -0.15) is 0 Å². The van der Waals surface area contributed by atoms with Gasteiger partial charge >= 0.3 is 0 Å². The highest BCUT2D eigenvalue weighted by molar-refractivity contribution is 6.11. The van der Waals surface area contributed by atoms with Gasteiger partial charge in [0.2, 0.25) is 0 Å². The second kappa shape index (κ2) is 6.50. The summed E-state index contributed by atoms with van der Waals surface area (Å²) in [5.41, 5.74) is 1.84.